The maximum Gasteiger partial charge on any atom is 0.0627 e. The van der Waals surface area contributed by atoms with E-state index in [9.17, 15) is 5.26 Å². The quantitative estimate of drug-likeness (QED) is 0.578. The van der Waals surface area contributed by atoms with E-state index in [2.05, 4.69) is 40.0 Å². The minimum absolute atomic E-state index is 0.157. The van der Waals surface area contributed by atoms with Gasteiger partial charge in [-0.25, -0.2) is 0 Å². The van der Waals surface area contributed by atoms with E-state index in [1.54, 1.807) is 0 Å². The van der Waals surface area contributed by atoms with Crippen LogP contribution in [-0.4, -0.2) is 0 Å². The normalized spacial score (nSPS) is 38.6. The van der Waals surface area contributed by atoms with E-state index in [4.69, 9.17) is 0 Å². The van der Waals surface area contributed by atoms with Crippen LogP contribution in [-0.2, 0) is 0 Å². The third kappa shape index (κ3) is 3.10. The Hall–Kier alpha value is -1.03. The van der Waals surface area contributed by atoms with E-state index in [1.165, 1.54) is 37.7 Å². The van der Waals surface area contributed by atoms with Gasteiger partial charge >= 0.3 is 0 Å². The summed E-state index contributed by atoms with van der Waals surface area (Å²) in [7, 11) is 0. The Morgan fingerprint density at radius 2 is 1.95 bits per heavy atom. The molecule has 0 aromatic rings. The Morgan fingerprint density at radius 3 is 2.52 bits per heavy atom. The molecule has 116 valence electrons. The van der Waals surface area contributed by atoms with Crippen LogP contribution < -0.4 is 0 Å². The van der Waals surface area contributed by atoms with Gasteiger partial charge in [-0.1, -0.05) is 44.6 Å². The number of hydrogen-bond acceptors (Lipinski definition) is 1. The molecule has 0 saturated heterocycles. The van der Waals surface area contributed by atoms with E-state index in [0.717, 1.165) is 23.8 Å². The van der Waals surface area contributed by atoms with E-state index in [0.29, 0.717) is 18.3 Å². The van der Waals surface area contributed by atoms with Crippen LogP contribution in [0.2, 0.25) is 0 Å². The summed E-state index contributed by atoms with van der Waals surface area (Å²) in [6.07, 6.45) is 8.25. The van der Waals surface area contributed by atoms with Crippen molar-refractivity contribution in [1.82, 2.24) is 0 Å². The van der Waals surface area contributed by atoms with Crippen molar-refractivity contribution in [3.8, 4) is 6.07 Å². The van der Waals surface area contributed by atoms with Crippen LogP contribution in [0.5, 0.6) is 0 Å². The first-order valence-electron chi connectivity index (χ1n) is 8.63. The Morgan fingerprint density at radius 1 is 1.24 bits per heavy atom. The average Bonchev–Trinajstić information content (AvgIpc) is 2.42. The first kappa shape index (κ1) is 16.3. The summed E-state index contributed by atoms with van der Waals surface area (Å²) >= 11 is 0. The summed E-state index contributed by atoms with van der Waals surface area (Å²) in [5, 5.41) is 9.51. The van der Waals surface area contributed by atoms with Crippen molar-refractivity contribution in [2.24, 2.45) is 29.1 Å². The van der Waals surface area contributed by atoms with Crippen molar-refractivity contribution in [2.75, 3.05) is 0 Å². The lowest BCUT2D eigenvalue weighted by atomic mass is 9.49. The minimum atomic E-state index is 0.157. The van der Waals surface area contributed by atoms with Gasteiger partial charge in [-0.15, -0.1) is 0 Å². The Kier molecular flexibility index (Phi) is 4.97. The molecule has 0 aliphatic heterocycles. The highest BCUT2D eigenvalue weighted by Gasteiger charge is 2.51. The highest BCUT2D eigenvalue weighted by Crippen LogP contribution is 2.59. The summed E-state index contributed by atoms with van der Waals surface area (Å²) in [4.78, 5) is 0. The summed E-state index contributed by atoms with van der Waals surface area (Å²) in [6.45, 7) is 15.1. The van der Waals surface area contributed by atoms with Crippen molar-refractivity contribution < 1.29 is 0 Å². The predicted octanol–water partition coefficient (Wildman–Crippen LogP) is 5.89. The lowest BCUT2D eigenvalue weighted by Gasteiger charge is -2.55. The molecule has 2 saturated carbocycles. The van der Waals surface area contributed by atoms with Crippen molar-refractivity contribution in [3.63, 3.8) is 0 Å². The minimum Gasteiger partial charge on any atom is -0.198 e. The van der Waals surface area contributed by atoms with Crippen molar-refractivity contribution in [3.05, 3.63) is 24.3 Å². The SMILES string of the molecule is C=C(C)C(=C)CC1(CC#N)C(CC)CC2CC(C)CC1C2. The van der Waals surface area contributed by atoms with Gasteiger partial charge in [-0.3, -0.25) is 0 Å². The first-order valence-corrected chi connectivity index (χ1v) is 8.63. The molecule has 0 amide bonds. The molecule has 0 aromatic carbocycles. The highest BCUT2D eigenvalue weighted by atomic mass is 14.6. The second-order valence-electron chi connectivity index (χ2n) is 7.84. The number of hydrogen-bond donors (Lipinski definition) is 0. The fraction of sp³-hybridized carbons (Fsp3) is 0.750. The average molecular weight is 285 g/mol. The lowest BCUT2D eigenvalue weighted by Crippen LogP contribution is -2.47. The Bertz CT molecular complexity index is 453. The predicted molar refractivity (Wildman–Crippen MR) is 89.6 cm³/mol. The van der Waals surface area contributed by atoms with Gasteiger partial charge in [0.05, 0.1) is 6.07 Å². The molecule has 21 heavy (non-hydrogen) atoms. The van der Waals surface area contributed by atoms with Crippen LogP contribution in [0.25, 0.3) is 0 Å². The van der Waals surface area contributed by atoms with Crippen LogP contribution in [0, 0.1) is 40.4 Å². The highest BCUT2D eigenvalue weighted by molar-refractivity contribution is 5.26. The van der Waals surface area contributed by atoms with Gasteiger partial charge in [0.1, 0.15) is 0 Å². The largest absolute Gasteiger partial charge is 0.198 e. The molecule has 2 bridgehead atoms. The van der Waals surface area contributed by atoms with Gasteiger partial charge < -0.3 is 0 Å². The van der Waals surface area contributed by atoms with Crippen molar-refractivity contribution >= 4 is 0 Å². The summed E-state index contributed by atoms with van der Waals surface area (Å²) in [5.74, 6) is 3.11. The fourth-order valence-corrected chi connectivity index (χ4v) is 5.29. The standard InChI is InChI=1S/C20H31N/c1-6-18-11-17-9-15(4)10-19(12-17)20(18,7-8-21)13-16(5)14(2)3/h15,17-19H,2,5-7,9-13H2,1,3-4H3. The molecule has 2 rings (SSSR count). The lowest BCUT2D eigenvalue weighted by molar-refractivity contribution is -0.0457. The maximum absolute atomic E-state index is 9.51. The topological polar surface area (TPSA) is 23.8 Å². The molecule has 5 atom stereocenters. The number of nitrogens with zero attached hydrogens (tertiary/aromatic N) is 1. The van der Waals surface area contributed by atoms with Crippen LogP contribution >= 0.6 is 0 Å². The Balaban J connectivity index is 2.35. The third-order valence-corrected chi connectivity index (χ3v) is 6.33. The van der Waals surface area contributed by atoms with Crippen LogP contribution in [0.3, 0.4) is 0 Å². The van der Waals surface area contributed by atoms with E-state index in [1.807, 2.05) is 0 Å². The zero-order valence-electron chi connectivity index (χ0n) is 14.1. The summed E-state index contributed by atoms with van der Waals surface area (Å²) in [5.41, 5.74) is 2.42. The third-order valence-electron chi connectivity index (χ3n) is 6.33. The van der Waals surface area contributed by atoms with E-state index < -0.39 is 0 Å². The molecule has 1 nitrogen and oxygen atoms in total. The second kappa shape index (κ2) is 6.39. The van der Waals surface area contributed by atoms with Crippen LogP contribution in [0.1, 0.15) is 65.7 Å². The van der Waals surface area contributed by atoms with Gasteiger partial charge in [-0.2, -0.15) is 5.26 Å². The molecule has 5 unspecified atom stereocenters. The molecular weight excluding hydrogens is 254 g/mol. The van der Waals surface area contributed by atoms with Crippen molar-refractivity contribution in [2.45, 2.75) is 65.7 Å². The smallest absolute Gasteiger partial charge is 0.0627 e. The molecule has 1 heteroatoms. The number of rotatable bonds is 5. The zero-order valence-corrected chi connectivity index (χ0v) is 14.1. The second-order valence-corrected chi connectivity index (χ2v) is 7.84. The number of fused-ring (bicyclic) bond motifs is 2. The van der Waals surface area contributed by atoms with E-state index in [-0.39, 0.29) is 5.41 Å². The molecular formula is C20H31N. The maximum atomic E-state index is 9.51. The van der Waals surface area contributed by atoms with Gasteiger partial charge in [0, 0.05) is 6.42 Å². The Labute approximate surface area is 131 Å². The molecule has 2 fully saturated rings. The van der Waals surface area contributed by atoms with Crippen LogP contribution in [0.15, 0.2) is 24.3 Å². The molecule has 0 aromatic heterocycles. The fourth-order valence-electron chi connectivity index (χ4n) is 5.29. The number of allylic oxidation sites excluding steroid dienone is 2. The van der Waals surface area contributed by atoms with Gasteiger partial charge in [-0.05, 0) is 68.1 Å². The van der Waals surface area contributed by atoms with E-state index >= 15 is 0 Å². The first-order chi connectivity index (χ1) is 9.92. The molecule has 0 N–H and O–H groups in total. The summed E-state index contributed by atoms with van der Waals surface area (Å²) < 4.78 is 0. The van der Waals surface area contributed by atoms with Crippen molar-refractivity contribution in [1.29, 1.82) is 5.26 Å². The van der Waals surface area contributed by atoms with Gasteiger partial charge in [0.25, 0.3) is 0 Å². The molecule has 0 spiro atoms. The monoisotopic (exact) mass is 285 g/mol. The van der Waals surface area contributed by atoms with Gasteiger partial charge in [0.2, 0.25) is 0 Å². The van der Waals surface area contributed by atoms with Crippen LogP contribution in [0.4, 0.5) is 0 Å². The van der Waals surface area contributed by atoms with Gasteiger partial charge in [0.15, 0.2) is 0 Å². The summed E-state index contributed by atoms with van der Waals surface area (Å²) in [6, 6.07) is 2.53. The molecule has 2 aliphatic carbocycles. The number of nitriles is 1. The zero-order chi connectivity index (χ0) is 15.6. The molecule has 2 aliphatic rings. The molecule has 0 heterocycles. The molecule has 0 radical (unpaired) electrons.